The molecule has 5 nitrogen and oxygen atoms in total. The molecule has 0 unspecified atom stereocenters. The molecule has 0 spiro atoms. The van der Waals surface area contributed by atoms with Crippen LogP contribution in [-0.4, -0.2) is 15.2 Å². The molecule has 1 aromatic heterocycles. The van der Waals surface area contributed by atoms with Crippen LogP contribution >= 0.6 is 0 Å². The summed E-state index contributed by atoms with van der Waals surface area (Å²) < 4.78 is 0. The second kappa shape index (κ2) is 4.60. The van der Waals surface area contributed by atoms with Crippen molar-refractivity contribution in [2.75, 3.05) is 5.32 Å². The fourth-order valence-corrected chi connectivity index (χ4v) is 1.57. The van der Waals surface area contributed by atoms with Gasteiger partial charge in [0.05, 0.1) is 6.20 Å². The standard InChI is InChI=1S/C13H16N4O/c1-13(2,3)9-4-6-10(7-5-9)15-11-8-14-17-12(18)16-11/h4-8H,1-3H3,(H2,15,16,17,18). The van der Waals surface area contributed by atoms with E-state index in [1.54, 1.807) is 0 Å². The van der Waals surface area contributed by atoms with Gasteiger partial charge in [0.25, 0.3) is 0 Å². The largest absolute Gasteiger partial charge is 0.363 e. The van der Waals surface area contributed by atoms with Crippen molar-refractivity contribution in [1.29, 1.82) is 0 Å². The number of hydrogen-bond acceptors (Lipinski definition) is 4. The summed E-state index contributed by atoms with van der Waals surface area (Å²) in [6, 6.07) is 8.04. The summed E-state index contributed by atoms with van der Waals surface area (Å²) in [5, 5.41) is 8.93. The third-order valence-electron chi connectivity index (χ3n) is 2.59. The Kier molecular flexibility index (Phi) is 3.14. The molecule has 2 rings (SSSR count). The van der Waals surface area contributed by atoms with Gasteiger partial charge in [0, 0.05) is 5.69 Å². The van der Waals surface area contributed by atoms with Crippen LogP contribution in [0.3, 0.4) is 0 Å². The quantitative estimate of drug-likeness (QED) is 0.849. The molecule has 0 saturated carbocycles. The van der Waals surface area contributed by atoms with Gasteiger partial charge in [-0.05, 0) is 23.1 Å². The van der Waals surface area contributed by atoms with Gasteiger partial charge >= 0.3 is 5.69 Å². The summed E-state index contributed by atoms with van der Waals surface area (Å²) in [6.45, 7) is 6.49. The van der Waals surface area contributed by atoms with Crippen molar-refractivity contribution in [1.82, 2.24) is 15.2 Å². The van der Waals surface area contributed by atoms with Gasteiger partial charge in [0.2, 0.25) is 0 Å². The van der Waals surface area contributed by atoms with Crippen LogP contribution in [0.15, 0.2) is 35.3 Å². The Hall–Kier alpha value is -2.17. The fraction of sp³-hybridized carbons (Fsp3) is 0.308. The number of nitrogens with one attached hydrogen (secondary N) is 2. The number of aromatic amines is 1. The van der Waals surface area contributed by atoms with E-state index in [4.69, 9.17) is 0 Å². The lowest BCUT2D eigenvalue weighted by Gasteiger charge is -2.19. The summed E-state index contributed by atoms with van der Waals surface area (Å²) in [4.78, 5) is 14.8. The Morgan fingerprint density at radius 3 is 2.39 bits per heavy atom. The first-order valence-corrected chi connectivity index (χ1v) is 5.74. The van der Waals surface area contributed by atoms with Crippen LogP contribution in [0.1, 0.15) is 26.3 Å². The van der Waals surface area contributed by atoms with Gasteiger partial charge in [-0.2, -0.15) is 10.1 Å². The van der Waals surface area contributed by atoms with Crippen molar-refractivity contribution in [2.24, 2.45) is 0 Å². The lowest BCUT2D eigenvalue weighted by Crippen LogP contribution is -2.13. The molecule has 0 aliphatic heterocycles. The predicted molar refractivity (Wildman–Crippen MR) is 71.1 cm³/mol. The zero-order valence-corrected chi connectivity index (χ0v) is 10.7. The smallest absolute Gasteiger partial charge is 0.339 e. The van der Waals surface area contributed by atoms with Crippen molar-refractivity contribution in [2.45, 2.75) is 26.2 Å². The Labute approximate surface area is 105 Å². The molecule has 2 N–H and O–H groups in total. The molecule has 0 aliphatic carbocycles. The summed E-state index contributed by atoms with van der Waals surface area (Å²) in [5.74, 6) is 0.433. The molecule has 94 valence electrons. The Morgan fingerprint density at radius 2 is 1.83 bits per heavy atom. The first-order valence-electron chi connectivity index (χ1n) is 5.74. The van der Waals surface area contributed by atoms with Gasteiger partial charge in [-0.25, -0.2) is 9.89 Å². The minimum Gasteiger partial charge on any atom is -0.339 e. The molecule has 0 aliphatic rings. The maximum Gasteiger partial charge on any atom is 0.363 e. The van der Waals surface area contributed by atoms with Crippen LogP contribution in [0.2, 0.25) is 0 Å². The van der Waals surface area contributed by atoms with Crippen LogP contribution in [0.5, 0.6) is 0 Å². The zero-order chi connectivity index (χ0) is 13.2. The zero-order valence-electron chi connectivity index (χ0n) is 10.7. The minimum atomic E-state index is -0.466. The minimum absolute atomic E-state index is 0.127. The fourth-order valence-electron chi connectivity index (χ4n) is 1.57. The number of rotatable bonds is 2. The first kappa shape index (κ1) is 12.3. The summed E-state index contributed by atoms with van der Waals surface area (Å²) in [5.41, 5.74) is 1.79. The molecule has 0 saturated heterocycles. The molecule has 1 heterocycles. The normalized spacial score (nSPS) is 11.3. The number of hydrogen-bond donors (Lipinski definition) is 2. The SMILES string of the molecule is CC(C)(C)c1ccc(Nc2cn[nH]c(=O)n2)cc1. The van der Waals surface area contributed by atoms with E-state index >= 15 is 0 Å². The van der Waals surface area contributed by atoms with Gasteiger partial charge in [-0.15, -0.1) is 0 Å². The molecule has 1 aromatic carbocycles. The predicted octanol–water partition coefficient (Wildman–Crippen LogP) is 2.21. The maximum atomic E-state index is 11.0. The second-order valence-corrected chi connectivity index (χ2v) is 5.12. The van der Waals surface area contributed by atoms with E-state index in [-0.39, 0.29) is 5.41 Å². The third kappa shape index (κ3) is 2.94. The van der Waals surface area contributed by atoms with E-state index in [2.05, 4.69) is 53.4 Å². The van der Waals surface area contributed by atoms with E-state index in [9.17, 15) is 4.79 Å². The first-order chi connectivity index (χ1) is 8.45. The molecule has 0 amide bonds. The van der Waals surface area contributed by atoms with E-state index in [0.29, 0.717) is 5.82 Å². The maximum absolute atomic E-state index is 11.0. The topological polar surface area (TPSA) is 70.7 Å². The molecular weight excluding hydrogens is 228 g/mol. The molecule has 0 radical (unpaired) electrons. The van der Waals surface area contributed by atoms with E-state index < -0.39 is 5.69 Å². The Morgan fingerprint density at radius 1 is 1.17 bits per heavy atom. The van der Waals surface area contributed by atoms with Crippen LogP contribution in [0.4, 0.5) is 11.5 Å². The van der Waals surface area contributed by atoms with Crippen molar-refractivity contribution >= 4 is 11.5 Å². The number of H-pyrrole nitrogens is 1. The number of anilines is 2. The number of aromatic nitrogens is 3. The summed E-state index contributed by atoms with van der Waals surface area (Å²) >= 11 is 0. The third-order valence-corrected chi connectivity index (χ3v) is 2.59. The highest BCUT2D eigenvalue weighted by molar-refractivity contribution is 5.55. The molecule has 5 heteroatoms. The second-order valence-electron chi connectivity index (χ2n) is 5.12. The average Bonchev–Trinajstić information content (AvgIpc) is 2.28. The van der Waals surface area contributed by atoms with Crippen LogP contribution < -0.4 is 11.0 Å². The summed E-state index contributed by atoms with van der Waals surface area (Å²) in [7, 11) is 0. The Balaban J connectivity index is 2.19. The van der Waals surface area contributed by atoms with Crippen molar-refractivity contribution in [3.63, 3.8) is 0 Å². The highest BCUT2D eigenvalue weighted by atomic mass is 16.1. The van der Waals surface area contributed by atoms with E-state index in [0.717, 1.165) is 5.69 Å². The molecule has 0 fully saturated rings. The Bertz CT molecular complexity index is 581. The van der Waals surface area contributed by atoms with E-state index in [1.165, 1.54) is 11.8 Å². The van der Waals surface area contributed by atoms with Gasteiger partial charge in [-0.1, -0.05) is 32.9 Å². The van der Waals surface area contributed by atoms with Gasteiger partial charge in [0.1, 0.15) is 0 Å². The lowest BCUT2D eigenvalue weighted by molar-refractivity contribution is 0.590. The highest BCUT2D eigenvalue weighted by Crippen LogP contribution is 2.24. The molecular formula is C13H16N4O. The molecule has 2 aromatic rings. The molecule has 0 atom stereocenters. The van der Waals surface area contributed by atoms with Crippen molar-refractivity contribution in [3.8, 4) is 0 Å². The van der Waals surface area contributed by atoms with Crippen LogP contribution in [-0.2, 0) is 5.41 Å². The van der Waals surface area contributed by atoms with E-state index in [1.807, 2.05) is 12.1 Å². The molecule has 0 bridgehead atoms. The van der Waals surface area contributed by atoms with Crippen molar-refractivity contribution in [3.05, 3.63) is 46.5 Å². The van der Waals surface area contributed by atoms with Crippen LogP contribution in [0, 0.1) is 0 Å². The molecule has 18 heavy (non-hydrogen) atoms. The summed E-state index contributed by atoms with van der Waals surface area (Å²) in [6.07, 6.45) is 1.47. The monoisotopic (exact) mass is 244 g/mol. The highest BCUT2D eigenvalue weighted by Gasteiger charge is 2.12. The van der Waals surface area contributed by atoms with Gasteiger partial charge in [0.15, 0.2) is 5.82 Å². The average molecular weight is 244 g/mol. The van der Waals surface area contributed by atoms with Gasteiger partial charge < -0.3 is 5.32 Å². The lowest BCUT2D eigenvalue weighted by atomic mass is 9.87. The number of nitrogens with zero attached hydrogens (tertiary/aromatic N) is 2. The van der Waals surface area contributed by atoms with Crippen molar-refractivity contribution < 1.29 is 0 Å². The van der Waals surface area contributed by atoms with Gasteiger partial charge in [-0.3, -0.25) is 0 Å². The number of benzene rings is 1. The van der Waals surface area contributed by atoms with Crippen LogP contribution in [0.25, 0.3) is 0 Å².